The van der Waals surface area contributed by atoms with E-state index in [1.807, 2.05) is 30.2 Å². The molecule has 23 heavy (non-hydrogen) atoms. The van der Waals surface area contributed by atoms with Gasteiger partial charge in [0, 0.05) is 43.3 Å². The van der Waals surface area contributed by atoms with Gasteiger partial charge in [-0.25, -0.2) is 9.97 Å². The summed E-state index contributed by atoms with van der Waals surface area (Å²) in [6.45, 7) is 3.34. The van der Waals surface area contributed by atoms with Crippen molar-refractivity contribution in [3.63, 3.8) is 0 Å². The van der Waals surface area contributed by atoms with E-state index in [-0.39, 0.29) is 5.91 Å². The minimum Gasteiger partial charge on any atom is -0.337 e. The van der Waals surface area contributed by atoms with Crippen LogP contribution in [0.5, 0.6) is 0 Å². The van der Waals surface area contributed by atoms with E-state index in [0.717, 1.165) is 30.8 Å². The summed E-state index contributed by atoms with van der Waals surface area (Å²) in [5.41, 5.74) is 2.43. The van der Waals surface area contributed by atoms with Crippen LogP contribution in [0.4, 0.5) is 0 Å². The number of nitrogens with zero attached hydrogens (tertiary/aromatic N) is 5. The van der Waals surface area contributed by atoms with Crippen molar-refractivity contribution in [1.29, 1.82) is 0 Å². The van der Waals surface area contributed by atoms with E-state index >= 15 is 0 Å². The number of carbonyl (C=O) groups excluding carboxylic acids is 1. The van der Waals surface area contributed by atoms with E-state index in [1.54, 1.807) is 16.8 Å². The fraction of sp³-hybridized carbons (Fsp3) is 0.375. The van der Waals surface area contributed by atoms with Crippen molar-refractivity contribution in [2.45, 2.75) is 25.7 Å². The predicted molar refractivity (Wildman–Crippen MR) is 84.2 cm³/mol. The molecule has 0 spiro atoms. The van der Waals surface area contributed by atoms with Gasteiger partial charge in [-0.1, -0.05) is 0 Å². The van der Waals surface area contributed by atoms with E-state index in [2.05, 4.69) is 20.2 Å². The van der Waals surface area contributed by atoms with E-state index < -0.39 is 0 Å². The normalized spacial score (nSPS) is 18.5. The molecule has 4 heterocycles. The molecule has 1 amide bonds. The van der Waals surface area contributed by atoms with E-state index in [4.69, 9.17) is 0 Å². The highest BCUT2D eigenvalue weighted by molar-refractivity contribution is 5.94. The Labute approximate surface area is 133 Å². The van der Waals surface area contributed by atoms with Crippen LogP contribution < -0.4 is 0 Å². The van der Waals surface area contributed by atoms with Gasteiger partial charge in [-0.15, -0.1) is 0 Å². The highest BCUT2D eigenvalue weighted by Gasteiger charge is 2.29. The number of fused-ring (bicyclic) bond motifs is 1. The molecule has 4 rings (SSSR count). The maximum Gasteiger partial charge on any atom is 0.272 e. The number of rotatable bonds is 2. The molecular formula is C16H18N6O. The highest BCUT2D eigenvalue weighted by Crippen LogP contribution is 2.26. The number of H-pyrrole nitrogens is 1. The Morgan fingerprint density at radius 1 is 1.39 bits per heavy atom. The molecule has 118 valence electrons. The van der Waals surface area contributed by atoms with Crippen LogP contribution in [0.15, 0.2) is 30.7 Å². The number of amides is 1. The lowest BCUT2D eigenvalue weighted by atomic mass is 9.94. The van der Waals surface area contributed by atoms with Crippen LogP contribution in [0.1, 0.15) is 40.6 Å². The summed E-state index contributed by atoms with van der Waals surface area (Å²) >= 11 is 0. The third-order valence-electron chi connectivity index (χ3n) is 4.45. The summed E-state index contributed by atoms with van der Waals surface area (Å²) in [6, 6.07) is 3.80. The minimum atomic E-state index is 0.0206. The van der Waals surface area contributed by atoms with Crippen molar-refractivity contribution in [3.05, 3.63) is 47.8 Å². The van der Waals surface area contributed by atoms with Crippen LogP contribution in [-0.2, 0) is 0 Å². The number of hydrogen-bond acceptors (Lipinski definition) is 4. The number of nitrogens with one attached hydrogen (secondary N) is 1. The first-order valence-corrected chi connectivity index (χ1v) is 7.82. The van der Waals surface area contributed by atoms with Gasteiger partial charge in [0.15, 0.2) is 0 Å². The Bertz CT molecular complexity index is 838. The molecule has 1 atom stereocenters. The zero-order valence-electron chi connectivity index (χ0n) is 12.9. The first-order valence-electron chi connectivity index (χ1n) is 7.82. The Balaban J connectivity index is 1.64. The fourth-order valence-corrected chi connectivity index (χ4v) is 3.31. The van der Waals surface area contributed by atoms with E-state index in [0.29, 0.717) is 23.9 Å². The molecule has 3 aromatic rings. The summed E-state index contributed by atoms with van der Waals surface area (Å²) in [5.74, 6) is 0.899. The van der Waals surface area contributed by atoms with E-state index in [1.165, 1.54) is 0 Å². The average molecular weight is 310 g/mol. The molecule has 7 nitrogen and oxygen atoms in total. The number of aromatic nitrogens is 5. The fourth-order valence-electron chi connectivity index (χ4n) is 3.31. The SMILES string of the molecule is Cc1nc2ncccn2c1C(=O)N1CCC[C@@H](c2ccn[nH]2)C1. The van der Waals surface area contributed by atoms with Gasteiger partial charge in [-0.05, 0) is 31.9 Å². The lowest BCUT2D eigenvalue weighted by molar-refractivity contribution is 0.0698. The van der Waals surface area contributed by atoms with Crippen LogP contribution in [0.2, 0.25) is 0 Å². The van der Waals surface area contributed by atoms with Crippen molar-refractivity contribution in [2.75, 3.05) is 13.1 Å². The molecule has 0 radical (unpaired) electrons. The summed E-state index contributed by atoms with van der Waals surface area (Å²) in [6.07, 6.45) is 7.34. The van der Waals surface area contributed by atoms with Gasteiger partial charge in [-0.3, -0.25) is 14.3 Å². The van der Waals surface area contributed by atoms with E-state index in [9.17, 15) is 4.79 Å². The van der Waals surface area contributed by atoms with Gasteiger partial charge < -0.3 is 4.90 Å². The van der Waals surface area contributed by atoms with Crippen LogP contribution in [0, 0.1) is 6.92 Å². The quantitative estimate of drug-likeness (QED) is 0.782. The third kappa shape index (κ3) is 2.38. The lowest BCUT2D eigenvalue weighted by Gasteiger charge is -2.32. The number of carbonyl (C=O) groups is 1. The Kier molecular flexibility index (Phi) is 3.33. The van der Waals surface area contributed by atoms with Gasteiger partial charge >= 0.3 is 0 Å². The van der Waals surface area contributed by atoms with Crippen molar-refractivity contribution in [1.82, 2.24) is 29.5 Å². The third-order valence-corrected chi connectivity index (χ3v) is 4.45. The molecule has 0 aliphatic carbocycles. The summed E-state index contributed by atoms with van der Waals surface area (Å²) in [7, 11) is 0. The molecule has 7 heteroatoms. The molecule has 1 N–H and O–H groups in total. The Morgan fingerprint density at radius 2 is 2.30 bits per heavy atom. The molecule has 1 aliphatic heterocycles. The first kappa shape index (κ1) is 13.9. The van der Waals surface area contributed by atoms with Gasteiger partial charge in [0.2, 0.25) is 5.78 Å². The molecular weight excluding hydrogens is 292 g/mol. The molecule has 0 saturated carbocycles. The van der Waals surface area contributed by atoms with Crippen molar-refractivity contribution in [3.8, 4) is 0 Å². The van der Waals surface area contributed by atoms with Gasteiger partial charge in [0.05, 0.1) is 5.69 Å². The number of aromatic amines is 1. The average Bonchev–Trinajstić information content (AvgIpc) is 3.21. The van der Waals surface area contributed by atoms with Crippen LogP contribution in [0.3, 0.4) is 0 Å². The van der Waals surface area contributed by atoms with Gasteiger partial charge in [-0.2, -0.15) is 5.10 Å². The number of aryl methyl sites for hydroxylation is 1. The molecule has 1 aliphatic rings. The molecule has 0 aromatic carbocycles. The summed E-state index contributed by atoms with van der Waals surface area (Å²) < 4.78 is 1.78. The van der Waals surface area contributed by atoms with Crippen LogP contribution in [0.25, 0.3) is 5.78 Å². The monoisotopic (exact) mass is 310 g/mol. The van der Waals surface area contributed by atoms with Crippen molar-refractivity contribution >= 4 is 11.7 Å². The second-order valence-corrected chi connectivity index (χ2v) is 5.94. The molecule has 1 saturated heterocycles. The van der Waals surface area contributed by atoms with Crippen molar-refractivity contribution < 1.29 is 4.79 Å². The molecule has 0 unspecified atom stereocenters. The zero-order valence-corrected chi connectivity index (χ0v) is 12.9. The topological polar surface area (TPSA) is 79.2 Å². The predicted octanol–water partition coefficient (Wildman–Crippen LogP) is 1.78. The minimum absolute atomic E-state index is 0.0206. The number of piperidine rings is 1. The zero-order chi connectivity index (χ0) is 15.8. The van der Waals surface area contributed by atoms with Crippen molar-refractivity contribution in [2.24, 2.45) is 0 Å². The Morgan fingerprint density at radius 3 is 3.13 bits per heavy atom. The second kappa shape index (κ2) is 5.49. The maximum absolute atomic E-state index is 13.0. The number of imidazole rings is 1. The number of likely N-dealkylation sites (tertiary alicyclic amines) is 1. The highest BCUT2D eigenvalue weighted by atomic mass is 16.2. The molecule has 1 fully saturated rings. The standard InChI is InChI=1S/C16H18N6O/c1-11-14(22-9-3-6-17-16(22)19-11)15(23)21-8-2-4-12(10-21)13-5-7-18-20-13/h3,5-7,9,12H,2,4,8,10H2,1H3,(H,18,20)/t12-/m1/s1. The summed E-state index contributed by atoms with van der Waals surface area (Å²) in [4.78, 5) is 23.5. The first-order chi connectivity index (χ1) is 11.2. The Hall–Kier alpha value is -2.70. The van der Waals surface area contributed by atoms with Gasteiger partial charge in [0.1, 0.15) is 5.69 Å². The van der Waals surface area contributed by atoms with Crippen LogP contribution in [-0.4, -0.2) is 48.5 Å². The maximum atomic E-state index is 13.0. The molecule has 3 aromatic heterocycles. The smallest absolute Gasteiger partial charge is 0.272 e. The summed E-state index contributed by atoms with van der Waals surface area (Å²) in [5, 5.41) is 7.05. The molecule has 0 bridgehead atoms. The van der Waals surface area contributed by atoms with Crippen LogP contribution >= 0.6 is 0 Å². The number of hydrogen-bond donors (Lipinski definition) is 1. The largest absolute Gasteiger partial charge is 0.337 e. The van der Waals surface area contributed by atoms with Gasteiger partial charge in [0.25, 0.3) is 5.91 Å². The second-order valence-electron chi connectivity index (χ2n) is 5.94. The lowest BCUT2D eigenvalue weighted by Crippen LogP contribution is -2.40.